The van der Waals surface area contributed by atoms with E-state index in [1.165, 1.54) is 16.1 Å². The van der Waals surface area contributed by atoms with Crippen LogP contribution in [0.2, 0.25) is 5.02 Å². The summed E-state index contributed by atoms with van der Waals surface area (Å²) >= 11 is 7.81. The second-order valence-electron chi connectivity index (χ2n) is 7.60. The highest BCUT2D eigenvalue weighted by Gasteiger charge is 2.31. The maximum absolute atomic E-state index is 12.9. The molecule has 0 bridgehead atoms. The number of benzene rings is 2. The fraction of sp³-hybridized carbons (Fsp3) is 0.409. The van der Waals surface area contributed by atoms with Crippen LogP contribution in [-0.4, -0.2) is 68.2 Å². The maximum atomic E-state index is 12.9. The molecule has 1 saturated heterocycles. The van der Waals surface area contributed by atoms with Gasteiger partial charge in [0.05, 0.1) is 15.2 Å². The molecule has 0 unspecified atom stereocenters. The number of amides is 1. The Morgan fingerprint density at radius 2 is 1.78 bits per heavy atom. The molecule has 2 aliphatic rings. The third kappa shape index (κ3) is 5.01. The normalized spacial score (nSPS) is 17.8. The average molecular weight is 497 g/mol. The van der Waals surface area contributed by atoms with Crippen LogP contribution in [0.4, 0.5) is 0 Å². The van der Waals surface area contributed by atoms with Crippen molar-refractivity contribution in [1.29, 1.82) is 0 Å². The molecule has 0 radical (unpaired) electrons. The Balaban J connectivity index is 1.31. The van der Waals surface area contributed by atoms with Crippen LogP contribution in [0.25, 0.3) is 0 Å². The number of hydrogen-bond donors (Lipinski definition) is 0. The van der Waals surface area contributed by atoms with Gasteiger partial charge >= 0.3 is 0 Å². The number of carbonyl (C=O) groups is 1. The van der Waals surface area contributed by atoms with Gasteiger partial charge in [0.2, 0.25) is 15.9 Å². The Hall–Kier alpha value is -1.94. The summed E-state index contributed by atoms with van der Waals surface area (Å²) in [5, 5.41) is 0.242. The minimum Gasteiger partial charge on any atom is -0.486 e. The van der Waals surface area contributed by atoms with Crippen molar-refractivity contribution in [1.82, 2.24) is 9.21 Å². The number of nitrogens with zero attached hydrogens (tertiary/aromatic N) is 2. The molecule has 172 valence electrons. The highest BCUT2D eigenvalue weighted by molar-refractivity contribution is 7.99. The van der Waals surface area contributed by atoms with Crippen molar-refractivity contribution < 1.29 is 22.7 Å². The standard InChI is InChI=1S/C22H25ClN2O5S2/c1-16(31-15-17-13-19(23)21-20(14-17)29-11-12-30-21)22(26)24-7-9-25(10-8-24)32(27,28)18-5-3-2-4-6-18/h2-6,13-14,16H,7-12,15H2,1H3/t16-/m1/s1. The maximum Gasteiger partial charge on any atom is 0.243 e. The van der Waals surface area contributed by atoms with E-state index in [0.29, 0.717) is 48.6 Å². The number of thioether (sulfide) groups is 1. The number of halogens is 1. The SMILES string of the molecule is C[C@@H](SCc1cc(Cl)c2c(c1)OCCO2)C(=O)N1CCN(S(=O)(=O)c2ccccc2)CC1. The smallest absolute Gasteiger partial charge is 0.243 e. The molecule has 0 spiro atoms. The van der Waals surface area contributed by atoms with Gasteiger partial charge in [0.1, 0.15) is 13.2 Å². The number of ether oxygens (including phenoxy) is 2. The Morgan fingerprint density at radius 3 is 2.50 bits per heavy atom. The summed E-state index contributed by atoms with van der Waals surface area (Å²) in [6.07, 6.45) is 0. The molecule has 10 heteroatoms. The zero-order chi connectivity index (χ0) is 22.7. The zero-order valence-corrected chi connectivity index (χ0v) is 20.1. The third-order valence-electron chi connectivity index (χ3n) is 5.44. The second-order valence-corrected chi connectivity index (χ2v) is 11.3. The molecule has 1 atom stereocenters. The Labute approximate surface area is 197 Å². The van der Waals surface area contributed by atoms with Gasteiger partial charge in [0.25, 0.3) is 0 Å². The zero-order valence-electron chi connectivity index (χ0n) is 17.7. The molecule has 2 aromatic carbocycles. The van der Waals surface area contributed by atoms with Gasteiger partial charge in [-0.25, -0.2) is 8.42 Å². The molecule has 1 fully saturated rings. The molecule has 0 aliphatic carbocycles. The van der Waals surface area contributed by atoms with Crippen molar-refractivity contribution in [3.63, 3.8) is 0 Å². The first-order chi connectivity index (χ1) is 15.4. The van der Waals surface area contributed by atoms with E-state index in [1.54, 1.807) is 35.2 Å². The molecule has 2 aromatic rings. The van der Waals surface area contributed by atoms with E-state index in [1.807, 2.05) is 19.1 Å². The van der Waals surface area contributed by atoms with Crippen LogP contribution >= 0.6 is 23.4 Å². The Kier molecular flexibility index (Phi) is 7.19. The minimum atomic E-state index is -3.53. The molecule has 32 heavy (non-hydrogen) atoms. The summed E-state index contributed by atoms with van der Waals surface area (Å²) in [6, 6.07) is 12.1. The summed E-state index contributed by atoms with van der Waals surface area (Å²) in [7, 11) is -3.53. The van der Waals surface area contributed by atoms with Gasteiger partial charge in [-0.3, -0.25) is 4.79 Å². The molecule has 0 N–H and O–H groups in total. The van der Waals surface area contributed by atoms with E-state index in [2.05, 4.69) is 0 Å². The lowest BCUT2D eigenvalue weighted by atomic mass is 10.2. The number of sulfonamides is 1. The van der Waals surface area contributed by atoms with Crippen molar-refractivity contribution in [3.8, 4) is 11.5 Å². The van der Waals surface area contributed by atoms with Crippen LogP contribution < -0.4 is 9.47 Å². The Morgan fingerprint density at radius 1 is 1.09 bits per heavy atom. The van der Waals surface area contributed by atoms with Gasteiger partial charge in [-0.2, -0.15) is 4.31 Å². The molecule has 1 amide bonds. The van der Waals surface area contributed by atoms with Gasteiger partial charge in [0, 0.05) is 31.9 Å². The first-order valence-electron chi connectivity index (χ1n) is 10.4. The number of piperazine rings is 1. The summed E-state index contributed by atoms with van der Waals surface area (Å²) in [6.45, 7) is 4.18. The molecule has 0 saturated carbocycles. The monoisotopic (exact) mass is 496 g/mol. The molecule has 2 aliphatic heterocycles. The summed E-state index contributed by atoms with van der Waals surface area (Å²) < 4.78 is 38.2. The molecule has 4 rings (SSSR count). The number of fused-ring (bicyclic) bond motifs is 1. The third-order valence-corrected chi connectivity index (χ3v) is 8.83. The van der Waals surface area contributed by atoms with Crippen molar-refractivity contribution >= 4 is 39.3 Å². The topological polar surface area (TPSA) is 76.2 Å². The van der Waals surface area contributed by atoms with Gasteiger partial charge in [-0.1, -0.05) is 29.8 Å². The van der Waals surface area contributed by atoms with Crippen LogP contribution in [0.3, 0.4) is 0 Å². The lowest BCUT2D eigenvalue weighted by Gasteiger charge is -2.35. The van der Waals surface area contributed by atoms with Gasteiger partial charge in [-0.05, 0) is 36.8 Å². The van der Waals surface area contributed by atoms with E-state index in [9.17, 15) is 13.2 Å². The van der Waals surface area contributed by atoms with Gasteiger partial charge in [-0.15, -0.1) is 11.8 Å². The first kappa shape index (κ1) is 23.2. The molecular formula is C22H25ClN2O5S2. The van der Waals surface area contributed by atoms with Gasteiger partial charge < -0.3 is 14.4 Å². The van der Waals surface area contributed by atoms with Crippen LogP contribution in [0, 0.1) is 0 Å². The average Bonchev–Trinajstić information content (AvgIpc) is 2.82. The van der Waals surface area contributed by atoms with Crippen LogP contribution in [0.5, 0.6) is 11.5 Å². The fourth-order valence-electron chi connectivity index (χ4n) is 3.69. The van der Waals surface area contributed by atoms with Crippen LogP contribution in [-0.2, 0) is 20.6 Å². The van der Waals surface area contributed by atoms with E-state index in [0.717, 1.165) is 5.56 Å². The van der Waals surface area contributed by atoms with Crippen LogP contribution in [0.15, 0.2) is 47.4 Å². The number of hydrogen-bond acceptors (Lipinski definition) is 6. The van der Waals surface area contributed by atoms with Crippen LogP contribution in [0.1, 0.15) is 12.5 Å². The lowest BCUT2D eigenvalue weighted by molar-refractivity contribution is -0.131. The van der Waals surface area contributed by atoms with E-state index < -0.39 is 10.0 Å². The largest absolute Gasteiger partial charge is 0.486 e. The number of carbonyl (C=O) groups excluding carboxylic acids is 1. The lowest BCUT2D eigenvalue weighted by Crippen LogP contribution is -2.52. The Bertz CT molecular complexity index is 1070. The molecule has 2 heterocycles. The minimum absolute atomic E-state index is 0.00963. The van der Waals surface area contributed by atoms with E-state index in [-0.39, 0.29) is 29.1 Å². The fourth-order valence-corrected chi connectivity index (χ4v) is 6.32. The van der Waals surface area contributed by atoms with Crippen molar-refractivity contribution in [2.24, 2.45) is 0 Å². The summed E-state index contributed by atoms with van der Waals surface area (Å²) in [4.78, 5) is 14.9. The van der Waals surface area contributed by atoms with Crippen molar-refractivity contribution in [2.45, 2.75) is 22.8 Å². The van der Waals surface area contributed by atoms with Crippen molar-refractivity contribution in [3.05, 3.63) is 53.1 Å². The molecule has 7 nitrogen and oxygen atoms in total. The predicted molar refractivity (Wildman–Crippen MR) is 125 cm³/mol. The second kappa shape index (κ2) is 9.91. The predicted octanol–water partition coefficient (Wildman–Crippen LogP) is 3.27. The number of rotatable bonds is 6. The van der Waals surface area contributed by atoms with Gasteiger partial charge in [0.15, 0.2) is 11.5 Å². The summed E-state index contributed by atoms with van der Waals surface area (Å²) in [5.41, 5.74) is 0.961. The first-order valence-corrected chi connectivity index (χ1v) is 13.3. The van der Waals surface area contributed by atoms with Crippen molar-refractivity contribution in [2.75, 3.05) is 39.4 Å². The summed E-state index contributed by atoms with van der Waals surface area (Å²) in [5.74, 6) is 1.81. The molecule has 0 aromatic heterocycles. The van der Waals surface area contributed by atoms with E-state index >= 15 is 0 Å². The molecular weight excluding hydrogens is 472 g/mol. The highest BCUT2D eigenvalue weighted by Crippen LogP contribution is 2.39. The van der Waals surface area contributed by atoms with E-state index in [4.69, 9.17) is 21.1 Å². The highest BCUT2D eigenvalue weighted by atomic mass is 35.5. The quantitative estimate of drug-likeness (QED) is 0.611.